The molecule has 0 radical (unpaired) electrons. The van der Waals surface area contributed by atoms with E-state index < -0.39 is 0 Å². The molecule has 0 saturated heterocycles. The van der Waals surface area contributed by atoms with Crippen molar-refractivity contribution in [2.45, 2.75) is 6.61 Å². The fourth-order valence-corrected chi connectivity index (χ4v) is 2.83. The van der Waals surface area contributed by atoms with E-state index in [1.165, 1.54) is 6.21 Å². The van der Waals surface area contributed by atoms with Crippen molar-refractivity contribution in [3.05, 3.63) is 101 Å². The zero-order valence-electron chi connectivity index (χ0n) is 15.8. The van der Waals surface area contributed by atoms with Crippen LogP contribution in [-0.4, -0.2) is 22.1 Å². The summed E-state index contributed by atoms with van der Waals surface area (Å²) in [5, 5.41) is 4.63. The number of fused-ring (bicyclic) bond motifs is 1. The molecule has 7 heteroatoms. The number of carbonyl (C=O) groups is 1. The number of rotatable bonds is 6. The van der Waals surface area contributed by atoms with E-state index in [1.807, 2.05) is 48.5 Å². The molecule has 0 saturated carbocycles. The molecule has 1 N–H and O–H groups in total. The smallest absolute Gasteiger partial charge is 0.271 e. The van der Waals surface area contributed by atoms with Gasteiger partial charge in [0.2, 0.25) is 0 Å². The summed E-state index contributed by atoms with van der Waals surface area (Å²) in [6, 6.07) is 21.8. The number of nitrogens with zero attached hydrogens (tertiary/aromatic N) is 3. The Morgan fingerprint density at radius 3 is 2.50 bits per heavy atom. The first kappa shape index (κ1) is 19.5. The number of aromatic nitrogens is 2. The first-order valence-electron chi connectivity index (χ1n) is 9.20. The second kappa shape index (κ2) is 9.15. The first-order valence-corrected chi connectivity index (χ1v) is 9.58. The van der Waals surface area contributed by atoms with E-state index in [9.17, 15) is 4.79 Å². The molecule has 1 aromatic heterocycles. The summed E-state index contributed by atoms with van der Waals surface area (Å²) in [5.74, 6) is 0.414. The van der Waals surface area contributed by atoms with Gasteiger partial charge in [0.15, 0.2) is 0 Å². The molecule has 0 bridgehead atoms. The SMILES string of the molecule is O=C(N/N=C\c1cnc2ccccc2n1)c1ccc(COc2ccc(Cl)cc2)cc1. The minimum absolute atomic E-state index is 0.315. The van der Waals surface area contributed by atoms with Crippen LogP contribution in [0.3, 0.4) is 0 Å². The van der Waals surface area contributed by atoms with Crippen LogP contribution in [-0.2, 0) is 6.61 Å². The maximum absolute atomic E-state index is 12.3. The molecule has 1 heterocycles. The largest absolute Gasteiger partial charge is 0.489 e. The first-order chi connectivity index (χ1) is 14.7. The van der Waals surface area contributed by atoms with Crippen molar-refractivity contribution in [2.24, 2.45) is 5.10 Å². The van der Waals surface area contributed by atoms with Gasteiger partial charge in [-0.05, 0) is 54.1 Å². The number of hydrogen-bond donors (Lipinski definition) is 1. The van der Waals surface area contributed by atoms with Gasteiger partial charge in [-0.15, -0.1) is 0 Å². The monoisotopic (exact) mass is 416 g/mol. The predicted molar refractivity (Wildman–Crippen MR) is 117 cm³/mol. The van der Waals surface area contributed by atoms with E-state index in [4.69, 9.17) is 16.3 Å². The summed E-state index contributed by atoms with van der Waals surface area (Å²) in [4.78, 5) is 21.0. The van der Waals surface area contributed by atoms with Crippen molar-refractivity contribution in [3.63, 3.8) is 0 Å². The van der Waals surface area contributed by atoms with Gasteiger partial charge in [0.1, 0.15) is 18.1 Å². The molecule has 0 atom stereocenters. The molecule has 148 valence electrons. The average molecular weight is 417 g/mol. The number of amides is 1. The Hall–Kier alpha value is -3.77. The number of hydrogen-bond acceptors (Lipinski definition) is 5. The fourth-order valence-electron chi connectivity index (χ4n) is 2.71. The molecule has 3 aromatic carbocycles. The van der Waals surface area contributed by atoms with Gasteiger partial charge in [-0.3, -0.25) is 9.78 Å². The van der Waals surface area contributed by atoms with E-state index in [2.05, 4.69) is 20.5 Å². The second-order valence-electron chi connectivity index (χ2n) is 6.42. The van der Waals surface area contributed by atoms with E-state index in [-0.39, 0.29) is 5.91 Å². The minimum atomic E-state index is -0.315. The lowest BCUT2D eigenvalue weighted by atomic mass is 10.1. The summed E-state index contributed by atoms with van der Waals surface area (Å²) in [5.41, 5.74) is 6.06. The topological polar surface area (TPSA) is 76.5 Å². The average Bonchev–Trinajstić information content (AvgIpc) is 2.79. The molecule has 0 aliphatic carbocycles. The van der Waals surface area contributed by atoms with Crippen LogP contribution in [0.5, 0.6) is 5.75 Å². The lowest BCUT2D eigenvalue weighted by Gasteiger charge is -2.07. The molecule has 0 aliphatic rings. The van der Waals surface area contributed by atoms with E-state index in [1.54, 1.807) is 30.5 Å². The van der Waals surface area contributed by atoms with Crippen LogP contribution >= 0.6 is 11.6 Å². The van der Waals surface area contributed by atoms with Gasteiger partial charge in [-0.25, -0.2) is 10.4 Å². The minimum Gasteiger partial charge on any atom is -0.489 e. The van der Waals surface area contributed by atoms with Crippen molar-refractivity contribution >= 4 is 34.8 Å². The standard InChI is InChI=1S/C23H17ClN4O2/c24-18-9-11-20(12-10-18)30-15-16-5-7-17(8-6-16)23(29)28-26-14-19-13-25-21-3-1-2-4-22(21)27-19/h1-14H,15H2,(H,28,29)/b26-14-. The van der Waals surface area contributed by atoms with Crippen LogP contribution in [0.2, 0.25) is 5.02 Å². The summed E-state index contributed by atoms with van der Waals surface area (Å²) >= 11 is 5.86. The number of carbonyl (C=O) groups excluding carboxylic acids is 1. The lowest BCUT2D eigenvalue weighted by molar-refractivity contribution is 0.0955. The van der Waals surface area contributed by atoms with Gasteiger partial charge in [0.05, 0.1) is 23.4 Å². The van der Waals surface area contributed by atoms with Gasteiger partial charge in [-0.1, -0.05) is 35.9 Å². The fraction of sp³-hybridized carbons (Fsp3) is 0.0435. The lowest BCUT2D eigenvalue weighted by Crippen LogP contribution is -2.17. The number of hydrazone groups is 1. The van der Waals surface area contributed by atoms with E-state index >= 15 is 0 Å². The number of benzene rings is 3. The van der Waals surface area contributed by atoms with Crippen molar-refractivity contribution < 1.29 is 9.53 Å². The quantitative estimate of drug-likeness (QED) is 0.367. The Bertz CT molecular complexity index is 1190. The van der Waals surface area contributed by atoms with E-state index in [0.717, 1.165) is 22.3 Å². The number of ether oxygens (including phenoxy) is 1. The molecule has 0 aliphatic heterocycles. The van der Waals surface area contributed by atoms with Crippen LogP contribution in [0.4, 0.5) is 0 Å². The summed E-state index contributed by atoms with van der Waals surface area (Å²) in [6.45, 7) is 0.391. The van der Waals surface area contributed by atoms with Crippen molar-refractivity contribution in [1.82, 2.24) is 15.4 Å². The summed E-state index contributed by atoms with van der Waals surface area (Å²) in [6.07, 6.45) is 3.07. The molecule has 30 heavy (non-hydrogen) atoms. The van der Waals surface area contributed by atoms with Gasteiger partial charge in [-0.2, -0.15) is 5.10 Å². The Morgan fingerprint density at radius 2 is 1.73 bits per heavy atom. The van der Waals surface area contributed by atoms with Crippen LogP contribution in [0.25, 0.3) is 11.0 Å². The maximum atomic E-state index is 12.3. The molecule has 0 spiro atoms. The van der Waals surface area contributed by atoms with Gasteiger partial charge >= 0.3 is 0 Å². The molecule has 4 rings (SSSR count). The molecule has 4 aromatic rings. The molecular formula is C23H17ClN4O2. The Kier molecular flexibility index (Phi) is 5.96. The second-order valence-corrected chi connectivity index (χ2v) is 6.86. The maximum Gasteiger partial charge on any atom is 0.271 e. The number of para-hydroxylation sites is 2. The van der Waals surface area contributed by atoms with Gasteiger partial charge in [0.25, 0.3) is 5.91 Å². The van der Waals surface area contributed by atoms with E-state index in [0.29, 0.717) is 22.9 Å². The molecule has 1 amide bonds. The predicted octanol–water partition coefficient (Wildman–Crippen LogP) is 4.63. The van der Waals surface area contributed by atoms with Crippen LogP contribution in [0.15, 0.2) is 84.1 Å². The van der Waals surface area contributed by atoms with Crippen molar-refractivity contribution in [3.8, 4) is 5.75 Å². The number of halogens is 1. The van der Waals surface area contributed by atoms with Crippen LogP contribution in [0.1, 0.15) is 21.6 Å². The third kappa shape index (κ3) is 4.98. The zero-order valence-corrected chi connectivity index (χ0v) is 16.6. The highest BCUT2D eigenvalue weighted by Gasteiger charge is 2.05. The molecular weight excluding hydrogens is 400 g/mol. The van der Waals surface area contributed by atoms with Gasteiger partial charge in [0, 0.05) is 10.6 Å². The molecule has 0 unspecified atom stereocenters. The third-order valence-corrected chi connectivity index (χ3v) is 4.52. The summed E-state index contributed by atoms with van der Waals surface area (Å²) < 4.78 is 5.70. The van der Waals surface area contributed by atoms with Crippen LogP contribution < -0.4 is 10.2 Å². The normalized spacial score (nSPS) is 11.0. The molecule has 6 nitrogen and oxygen atoms in total. The summed E-state index contributed by atoms with van der Waals surface area (Å²) in [7, 11) is 0. The van der Waals surface area contributed by atoms with Crippen LogP contribution in [0, 0.1) is 0 Å². The highest BCUT2D eigenvalue weighted by Crippen LogP contribution is 2.17. The zero-order chi connectivity index (χ0) is 20.8. The Morgan fingerprint density at radius 1 is 1.00 bits per heavy atom. The van der Waals surface area contributed by atoms with Crippen molar-refractivity contribution in [2.75, 3.05) is 0 Å². The Balaban J connectivity index is 1.32. The Labute approximate surface area is 178 Å². The van der Waals surface area contributed by atoms with Crippen molar-refractivity contribution in [1.29, 1.82) is 0 Å². The number of nitrogens with one attached hydrogen (secondary N) is 1. The molecule has 0 fully saturated rings. The highest BCUT2D eigenvalue weighted by atomic mass is 35.5. The third-order valence-electron chi connectivity index (χ3n) is 4.27. The highest BCUT2D eigenvalue weighted by molar-refractivity contribution is 6.30. The van der Waals surface area contributed by atoms with Gasteiger partial charge < -0.3 is 4.74 Å².